The van der Waals surface area contributed by atoms with Crippen LogP contribution in [0, 0.1) is 46.3 Å². The summed E-state index contributed by atoms with van der Waals surface area (Å²) < 4.78 is 53.6. The highest BCUT2D eigenvalue weighted by molar-refractivity contribution is 5.12. The smallest absolute Gasteiger partial charge is 0.390 e. The van der Waals surface area contributed by atoms with Gasteiger partial charge < -0.3 is 10.2 Å². The molecule has 4 aliphatic rings. The second-order valence-electron chi connectivity index (χ2n) is 11.7. The summed E-state index contributed by atoms with van der Waals surface area (Å²) in [5.74, 6) is 1.59. The van der Waals surface area contributed by atoms with Gasteiger partial charge in [0.25, 0.3) is 0 Å². The molecule has 0 unspecified atom stereocenters. The van der Waals surface area contributed by atoms with E-state index in [1.54, 1.807) is 0 Å². The van der Waals surface area contributed by atoms with Crippen LogP contribution in [0.5, 0.6) is 0 Å². The molecule has 0 aliphatic heterocycles. The molecule has 0 radical (unpaired) electrons. The van der Waals surface area contributed by atoms with Crippen molar-refractivity contribution in [1.29, 1.82) is 0 Å². The lowest BCUT2D eigenvalue weighted by molar-refractivity contribution is -0.290. The Labute approximate surface area is 177 Å². The van der Waals surface area contributed by atoms with E-state index < -0.39 is 24.6 Å². The van der Waals surface area contributed by atoms with Crippen molar-refractivity contribution in [1.82, 2.24) is 0 Å². The maximum absolute atomic E-state index is 13.5. The standard InChI is InChI=1S/C24H38F4O2/c1-14(20(29)13-25)17-6-7-18-16-5-4-15-12-23(30,24(26,27)28)11-10-21(15,2)19(16)8-9-22(17,18)3/h14-20,29-30H,4-13H2,1-3H3/t14-,15-,16+,17-,18+,19+,20-,21+,22-,23-/m1/s1. The molecule has 0 heterocycles. The van der Waals surface area contributed by atoms with Gasteiger partial charge in [-0.05, 0) is 104 Å². The van der Waals surface area contributed by atoms with E-state index in [4.69, 9.17) is 0 Å². The summed E-state index contributed by atoms with van der Waals surface area (Å²) in [7, 11) is 0. The molecule has 2 nitrogen and oxygen atoms in total. The first-order valence-corrected chi connectivity index (χ1v) is 11.9. The van der Waals surface area contributed by atoms with Gasteiger partial charge in [-0.2, -0.15) is 13.2 Å². The van der Waals surface area contributed by atoms with Gasteiger partial charge in [-0.25, -0.2) is 4.39 Å². The Kier molecular flexibility index (Phi) is 5.57. The van der Waals surface area contributed by atoms with Crippen LogP contribution in [-0.2, 0) is 0 Å². The molecular formula is C24H38F4O2. The van der Waals surface area contributed by atoms with Crippen LogP contribution < -0.4 is 0 Å². The minimum atomic E-state index is -4.55. The van der Waals surface area contributed by atoms with Crippen molar-refractivity contribution in [2.75, 3.05) is 6.67 Å². The molecular weight excluding hydrogens is 396 g/mol. The number of hydrogen-bond donors (Lipinski definition) is 2. The zero-order valence-corrected chi connectivity index (χ0v) is 18.5. The highest BCUT2D eigenvalue weighted by atomic mass is 19.4. The number of halogens is 4. The number of alkyl halides is 4. The second-order valence-corrected chi connectivity index (χ2v) is 11.7. The van der Waals surface area contributed by atoms with E-state index in [1.165, 1.54) is 0 Å². The van der Waals surface area contributed by atoms with Gasteiger partial charge in [-0.3, -0.25) is 0 Å². The molecule has 4 fully saturated rings. The van der Waals surface area contributed by atoms with Crippen LogP contribution in [0.1, 0.15) is 78.6 Å². The van der Waals surface area contributed by atoms with Crippen molar-refractivity contribution in [3.8, 4) is 0 Å². The van der Waals surface area contributed by atoms with Gasteiger partial charge in [-0.15, -0.1) is 0 Å². The number of rotatable bonds is 3. The Morgan fingerprint density at radius 1 is 0.933 bits per heavy atom. The summed E-state index contributed by atoms with van der Waals surface area (Å²) in [6.07, 6.45) is 0.452. The number of aliphatic hydroxyl groups is 2. The van der Waals surface area contributed by atoms with E-state index in [9.17, 15) is 27.8 Å². The van der Waals surface area contributed by atoms with Crippen molar-refractivity contribution >= 4 is 0 Å². The number of fused-ring (bicyclic) bond motifs is 5. The molecule has 2 N–H and O–H groups in total. The predicted molar refractivity (Wildman–Crippen MR) is 107 cm³/mol. The molecule has 4 rings (SSSR count). The molecule has 0 aromatic carbocycles. The quantitative estimate of drug-likeness (QED) is 0.543. The SMILES string of the molecule is C[C@@H]([C@H](O)CF)[C@H]1CC[C@H]2[C@@H]3CC[C@@H]4C[C@@](O)(C(F)(F)F)CC[C@]4(C)[C@H]3CC[C@]12C. The second kappa shape index (κ2) is 7.33. The highest BCUT2D eigenvalue weighted by Crippen LogP contribution is 2.69. The lowest BCUT2D eigenvalue weighted by Gasteiger charge is -2.62. The monoisotopic (exact) mass is 434 g/mol. The number of hydrogen-bond acceptors (Lipinski definition) is 2. The largest absolute Gasteiger partial charge is 0.417 e. The first-order chi connectivity index (χ1) is 13.9. The van der Waals surface area contributed by atoms with Crippen LogP contribution in [0.4, 0.5) is 17.6 Å². The molecule has 0 aromatic heterocycles. The zero-order chi connectivity index (χ0) is 22.1. The van der Waals surface area contributed by atoms with E-state index >= 15 is 0 Å². The third kappa shape index (κ3) is 3.17. The van der Waals surface area contributed by atoms with Gasteiger partial charge in [0.2, 0.25) is 0 Å². The Morgan fingerprint density at radius 3 is 2.23 bits per heavy atom. The topological polar surface area (TPSA) is 40.5 Å². The molecule has 0 saturated heterocycles. The third-order valence-electron chi connectivity index (χ3n) is 10.7. The fourth-order valence-corrected chi connectivity index (χ4v) is 8.82. The summed E-state index contributed by atoms with van der Waals surface area (Å²) in [5.41, 5.74) is -2.57. The van der Waals surface area contributed by atoms with Gasteiger partial charge in [0, 0.05) is 0 Å². The van der Waals surface area contributed by atoms with Crippen LogP contribution in [0.15, 0.2) is 0 Å². The lowest BCUT2D eigenvalue weighted by atomic mass is 9.43. The van der Waals surface area contributed by atoms with Crippen LogP contribution in [0.2, 0.25) is 0 Å². The molecule has 4 saturated carbocycles. The zero-order valence-electron chi connectivity index (χ0n) is 18.5. The molecule has 0 aromatic rings. The summed E-state index contributed by atoms with van der Waals surface area (Å²) in [5, 5.41) is 20.5. The average Bonchev–Trinajstić information content (AvgIpc) is 3.03. The van der Waals surface area contributed by atoms with Crippen LogP contribution in [0.3, 0.4) is 0 Å². The summed E-state index contributed by atoms with van der Waals surface area (Å²) in [6.45, 7) is 5.79. The molecule has 30 heavy (non-hydrogen) atoms. The van der Waals surface area contributed by atoms with Crippen LogP contribution in [-0.4, -0.2) is 34.8 Å². The summed E-state index contributed by atoms with van der Waals surface area (Å²) >= 11 is 0. The Morgan fingerprint density at radius 2 is 1.60 bits per heavy atom. The predicted octanol–water partition coefficient (Wildman–Crippen LogP) is 5.91. The van der Waals surface area contributed by atoms with Crippen molar-refractivity contribution in [3.05, 3.63) is 0 Å². The van der Waals surface area contributed by atoms with Gasteiger partial charge >= 0.3 is 6.18 Å². The maximum Gasteiger partial charge on any atom is 0.417 e. The first kappa shape index (κ1) is 22.8. The average molecular weight is 435 g/mol. The van der Waals surface area contributed by atoms with E-state index in [0.29, 0.717) is 30.1 Å². The van der Waals surface area contributed by atoms with E-state index in [-0.39, 0.29) is 35.5 Å². The normalized spacial score (nSPS) is 50.9. The Bertz CT molecular complexity index is 654. The molecule has 10 atom stereocenters. The Balaban J connectivity index is 1.55. The van der Waals surface area contributed by atoms with Crippen LogP contribution in [0.25, 0.3) is 0 Å². The fourth-order valence-electron chi connectivity index (χ4n) is 8.82. The van der Waals surface area contributed by atoms with Gasteiger partial charge in [-0.1, -0.05) is 20.8 Å². The lowest BCUT2D eigenvalue weighted by Crippen LogP contribution is -2.59. The Hall–Kier alpha value is -0.360. The fraction of sp³-hybridized carbons (Fsp3) is 1.00. The molecule has 0 spiro atoms. The minimum absolute atomic E-state index is 0.0649. The number of aliphatic hydroxyl groups excluding tert-OH is 1. The van der Waals surface area contributed by atoms with E-state index in [2.05, 4.69) is 13.8 Å². The van der Waals surface area contributed by atoms with Crippen molar-refractivity contribution in [2.45, 2.75) is 96.4 Å². The summed E-state index contributed by atoms with van der Waals surface area (Å²) in [4.78, 5) is 0. The van der Waals surface area contributed by atoms with Crippen molar-refractivity contribution < 1.29 is 27.8 Å². The molecule has 174 valence electrons. The first-order valence-electron chi connectivity index (χ1n) is 11.9. The molecule has 0 amide bonds. The summed E-state index contributed by atoms with van der Waals surface area (Å²) in [6, 6.07) is 0. The van der Waals surface area contributed by atoms with Gasteiger partial charge in [0.05, 0.1) is 6.10 Å². The van der Waals surface area contributed by atoms with Gasteiger partial charge in [0.15, 0.2) is 5.60 Å². The third-order valence-corrected chi connectivity index (χ3v) is 10.7. The highest BCUT2D eigenvalue weighted by Gasteiger charge is 2.65. The maximum atomic E-state index is 13.5. The van der Waals surface area contributed by atoms with Crippen molar-refractivity contribution in [3.63, 3.8) is 0 Å². The minimum Gasteiger partial charge on any atom is -0.390 e. The van der Waals surface area contributed by atoms with Crippen molar-refractivity contribution in [2.24, 2.45) is 46.3 Å². The van der Waals surface area contributed by atoms with E-state index in [1.807, 2.05) is 6.92 Å². The molecule has 0 bridgehead atoms. The van der Waals surface area contributed by atoms with Crippen LogP contribution >= 0.6 is 0 Å². The van der Waals surface area contributed by atoms with E-state index in [0.717, 1.165) is 38.5 Å². The van der Waals surface area contributed by atoms with Gasteiger partial charge in [0.1, 0.15) is 6.67 Å². The molecule has 6 heteroatoms. The molecule has 4 aliphatic carbocycles.